The quantitative estimate of drug-likeness (QED) is 0.452. The molecule has 0 aromatic rings. The third kappa shape index (κ3) is 4.32. The first-order valence-corrected chi connectivity index (χ1v) is 3.26. The van der Waals surface area contributed by atoms with Gasteiger partial charge in [-0.3, -0.25) is 9.59 Å². The molecular weight excluding hydrogens is 150 g/mol. The minimum atomic E-state index is -0.720. The van der Waals surface area contributed by atoms with E-state index in [0.29, 0.717) is 0 Å². The Morgan fingerprint density at radius 2 is 2.18 bits per heavy atom. The van der Waals surface area contributed by atoms with Gasteiger partial charge in [0.2, 0.25) is 0 Å². The molecule has 1 atom stereocenters. The van der Waals surface area contributed by atoms with Crippen molar-refractivity contribution in [3.05, 3.63) is 0 Å². The van der Waals surface area contributed by atoms with Crippen LogP contribution in [-0.2, 0) is 9.59 Å². The van der Waals surface area contributed by atoms with E-state index >= 15 is 0 Å². The predicted molar refractivity (Wildman–Crippen MR) is 37.4 cm³/mol. The van der Waals surface area contributed by atoms with Crippen LogP contribution in [0.5, 0.6) is 0 Å². The van der Waals surface area contributed by atoms with Gasteiger partial charge >= 0.3 is 5.97 Å². The molecule has 0 aromatic heterocycles. The van der Waals surface area contributed by atoms with E-state index in [1.54, 1.807) is 0 Å². The van der Waals surface area contributed by atoms with Gasteiger partial charge in [-0.1, -0.05) is 0 Å². The molecule has 1 aliphatic heterocycles. The van der Waals surface area contributed by atoms with Crippen molar-refractivity contribution < 1.29 is 19.8 Å². The lowest BCUT2D eigenvalue weighted by atomic mass is 10.2. The van der Waals surface area contributed by atoms with E-state index in [1.807, 2.05) is 0 Å². The van der Waals surface area contributed by atoms with Crippen LogP contribution in [0.4, 0.5) is 0 Å². The Balaban J connectivity index is 0.000000292. The Morgan fingerprint density at radius 1 is 1.64 bits per heavy atom. The third-order valence-corrected chi connectivity index (χ3v) is 1.36. The van der Waals surface area contributed by atoms with Crippen molar-refractivity contribution in [2.45, 2.75) is 18.9 Å². The van der Waals surface area contributed by atoms with Gasteiger partial charge < -0.3 is 15.5 Å². The molecule has 1 saturated heterocycles. The molecule has 1 fully saturated rings. The van der Waals surface area contributed by atoms with Crippen LogP contribution in [0.15, 0.2) is 0 Å². The zero-order chi connectivity index (χ0) is 8.69. The second kappa shape index (κ2) is 5.67. The fourth-order valence-electron chi connectivity index (χ4n) is 0.895. The minimum Gasteiger partial charge on any atom is -0.483 e. The number of rotatable bonds is 1. The highest BCUT2D eigenvalue weighted by Gasteiger charge is 2.20. The molecule has 5 nitrogen and oxygen atoms in total. The van der Waals surface area contributed by atoms with Crippen LogP contribution in [0.25, 0.3) is 0 Å². The maximum absolute atomic E-state index is 10.1. The van der Waals surface area contributed by atoms with E-state index in [2.05, 4.69) is 5.32 Å². The van der Waals surface area contributed by atoms with Crippen LogP contribution in [0.3, 0.4) is 0 Å². The molecule has 1 heterocycles. The molecule has 3 N–H and O–H groups in total. The summed E-state index contributed by atoms with van der Waals surface area (Å²) >= 11 is 0. The number of nitrogens with one attached hydrogen (secondary N) is 1. The smallest absolute Gasteiger partial charge is 0.320 e. The van der Waals surface area contributed by atoms with Gasteiger partial charge in [0, 0.05) is 0 Å². The van der Waals surface area contributed by atoms with E-state index < -0.39 is 5.97 Å². The highest BCUT2D eigenvalue weighted by molar-refractivity contribution is 5.73. The Kier molecular flexibility index (Phi) is 5.10. The zero-order valence-electron chi connectivity index (χ0n) is 5.99. The number of carboxylic acids is 1. The molecule has 0 radical (unpaired) electrons. The largest absolute Gasteiger partial charge is 0.483 e. The van der Waals surface area contributed by atoms with E-state index in [4.69, 9.17) is 15.0 Å². The van der Waals surface area contributed by atoms with Gasteiger partial charge in [0.05, 0.1) is 0 Å². The lowest BCUT2D eigenvalue weighted by Gasteiger charge is -1.99. The summed E-state index contributed by atoms with van der Waals surface area (Å²) in [5.74, 6) is -0.720. The fourth-order valence-corrected chi connectivity index (χ4v) is 0.895. The van der Waals surface area contributed by atoms with Gasteiger partial charge in [-0.2, -0.15) is 0 Å². The van der Waals surface area contributed by atoms with Gasteiger partial charge in [-0.05, 0) is 19.4 Å². The standard InChI is InChI=1S/C5H9NO2.CH2O2/c7-5(8)4-2-1-3-6-4;2-1-3/h4,6H,1-3H2,(H,7,8);1H,(H,2,3)/t4-;/m0./s1. The molecule has 1 aliphatic rings. The molecule has 0 saturated carbocycles. The van der Waals surface area contributed by atoms with E-state index in [-0.39, 0.29) is 12.5 Å². The number of hydrogen-bond acceptors (Lipinski definition) is 3. The Labute approximate surface area is 64.0 Å². The van der Waals surface area contributed by atoms with Crippen molar-refractivity contribution in [1.82, 2.24) is 5.32 Å². The molecule has 0 aromatic carbocycles. The van der Waals surface area contributed by atoms with Gasteiger partial charge in [0.25, 0.3) is 6.47 Å². The molecule has 5 heteroatoms. The SMILES string of the molecule is O=C(O)[C@@H]1CCCN1.O=CO. The summed E-state index contributed by atoms with van der Waals surface area (Å²) in [7, 11) is 0. The zero-order valence-corrected chi connectivity index (χ0v) is 5.99. The second-order valence-corrected chi connectivity index (χ2v) is 2.09. The minimum absolute atomic E-state index is 0.250. The number of carboxylic acid groups (broad SMARTS) is 2. The molecule has 64 valence electrons. The second-order valence-electron chi connectivity index (χ2n) is 2.09. The van der Waals surface area contributed by atoms with Crippen molar-refractivity contribution in [1.29, 1.82) is 0 Å². The van der Waals surface area contributed by atoms with Crippen molar-refractivity contribution in [3.8, 4) is 0 Å². The van der Waals surface area contributed by atoms with E-state index in [1.165, 1.54) is 0 Å². The van der Waals surface area contributed by atoms with Crippen molar-refractivity contribution in [2.75, 3.05) is 6.54 Å². The van der Waals surface area contributed by atoms with Crippen LogP contribution in [-0.4, -0.2) is 35.2 Å². The maximum atomic E-state index is 10.1. The first kappa shape index (κ1) is 9.90. The summed E-state index contributed by atoms with van der Waals surface area (Å²) in [6.45, 7) is 0.608. The van der Waals surface area contributed by atoms with Crippen molar-refractivity contribution >= 4 is 12.4 Å². The normalized spacial score (nSPS) is 21.6. The summed E-state index contributed by atoms with van der Waals surface area (Å²) in [4.78, 5) is 18.5. The molecule has 11 heavy (non-hydrogen) atoms. The van der Waals surface area contributed by atoms with Crippen LogP contribution >= 0.6 is 0 Å². The Morgan fingerprint density at radius 3 is 2.36 bits per heavy atom. The molecule has 0 spiro atoms. The number of hydrogen-bond donors (Lipinski definition) is 3. The summed E-state index contributed by atoms with van der Waals surface area (Å²) in [6.07, 6.45) is 1.78. The average molecular weight is 161 g/mol. The lowest BCUT2D eigenvalue weighted by Crippen LogP contribution is -2.29. The molecular formula is C6H11NO4. The molecule has 0 unspecified atom stereocenters. The third-order valence-electron chi connectivity index (χ3n) is 1.36. The van der Waals surface area contributed by atoms with Gasteiger partial charge in [0.15, 0.2) is 0 Å². The van der Waals surface area contributed by atoms with Gasteiger partial charge in [-0.15, -0.1) is 0 Å². The highest BCUT2D eigenvalue weighted by Crippen LogP contribution is 2.03. The number of aliphatic carboxylic acids is 1. The summed E-state index contributed by atoms with van der Waals surface area (Å²) in [5.41, 5.74) is 0. The summed E-state index contributed by atoms with van der Waals surface area (Å²) < 4.78 is 0. The fraction of sp³-hybridized carbons (Fsp3) is 0.667. The maximum Gasteiger partial charge on any atom is 0.320 e. The molecule has 0 bridgehead atoms. The monoisotopic (exact) mass is 161 g/mol. The molecule has 0 amide bonds. The number of carbonyl (C=O) groups is 2. The van der Waals surface area contributed by atoms with Crippen molar-refractivity contribution in [3.63, 3.8) is 0 Å². The summed E-state index contributed by atoms with van der Waals surface area (Å²) in [6, 6.07) is -0.269. The van der Waals surface area contributed by atoms with Gasteiger partial charge in [0.1, 0.15) is 6.04 Å². The van der Waals surface area contributed by atoms with E-state index in [9.17, 15) is 4.79 Å². The Bertz CT molecular complexity index is 131. The Hall–Kier alpha value is -1.10. The molecule has 0 aliphatic carbocycles. The average Bonchev–Trinajstić information content (AvgIpc) is 2.38. The van der Waals surface area contributed by atoms with Crippen LogP contribution in [0.1, 0.15) is 12.8 Å². The van der Waals surface area contributed by atoms with Crippen LogP contribution in [0.2, 0.25) is 0 Å². The molecule has 1 rings (SSSR count). The van der Waals surface area contributed by atoms with Crippen LogP contribution in [0, 0.1) is 0 Å². The van der Waals surface area contributed by atoms with E-state index in [0.717, 1.165) is 19.4 Å². The first-order valence-electron chi connectivity index (χ1n) is 3.26. The summed E-state index contributed by atoms with van der Waals surface area (Å²) in [5, 5.41) is 18.1. The first-order chi connectivity index (χ1) is 5.22. The van der Waals surface area contributed by atoms with Gasteiger partial charge in [-0.25, -0.2) is 0 Å². The van der Waals surface area contributed by atoms with Crippen molar-refractivity contribution in [2.24, 2.45) is 0 Å². The lowest BCUT2D eigenvalue weighted by molar-refractivity contribution is -0.139. The van der Waals surface area contributed by atoms with Crippen LogP contribution < -0.4 is 5.32 Å². The predicted octanol–water partition coefficient (Wildman–Crippen LogP) is -0.476. The topological polar surface area (TPSA) is 86.6 Å². The highest BCUT2D eigenvalue weighted by atomic mass is 16.4.